The van der Waals surface area contributed by atoms with E-state index in [2.05, 4.69) is 4.98 Å². The summed E-state index contributed by atoms with van der Waals surface area (Å²) in [5.74, 6) is -0.0384. The second kappa shape index (κ2) is 7.41. The highest BCUT2D eigenvalue weighted by Gasteiger charge is 2.22. The van der Waals surface area contributed by atoms with Crippen molar-refractivity contribution >= 4 is 27.5 Å². The molecule has 3 rings (SSSR count). The minimum Gasteiger partial charge on any atom is -0.336 e. The molecule has 0 saturated carbocycles. The summed E-state index contributed by atoms with van der Waals surface area (Å²) in [7, 11) is 0. The SMILES string of the molecule is CC(C)N(C(=O)Cn1c(=O)sc2ccc(-c3cccnc3)cc21)C(C)C. The monoisotopic (exact) mass is 369 g/mol. The lowest BCUT2D eigenvalue weighted by Gasteiger charge is -2.30. The fourth-order valence-corrected chi connectivity index (χ4v) is 4.19. The lowest BCUT2D eigenvalue weighted by Crippen LogP contribution is -2.44. The third-order valence-electron chi connectivity index (χ3n) is 4.36. The van der Waals surface area contributed by atoms with Crippen molar-refractivity contribution in [3.05, 3.63) is 52.4 Å². The van der Waals surface area contributed by atoms with Gasteiger partial charge in [0.15, 0.2) is 0 Å². The van der Waals surface area contributed by atoms with Crippen molar-refractivity contribution in [2.45, 2.75) is 46.3 Å². The van der Waals surface area contributed by atoms with Gasteiger partial charge in [-0.05, 0) is 51.5 Å². The number of rotatable bonds is 5. The van der Waals surface area contributed by atoms with Gasteiger partial charge in [-0.25, -0.2) is 0 Å². The van der Waals surface area contributed by atoms with Gasteiger partial charge >= 0.3 is 4.87 Å². The number of aromatic nitrogens is 2. The Hall–Kier alpha value is -2.47. The van der Waals surface area contributed by atoms with Crippen LogP contribution >= 0.6 is 11.3 Å². The Balaban J connectivity index is 2.02. The van der Waals surface area contributed by atoms with Crippen LogP contribution in [0.2, 0.25) is 0 Å². The number of pyridine rings is 1. The smallest absolute Gasteiger partial charge is 0.308 e. The maximum atomic E-state index is 12.8. The molecule has 0 unspecified atom stereocenters. The molecule has 0 atom stereocenters. The summed E-state index contributed by atoms with van der Waals surface area (Å²) in [5, 5.41) is 0. The van der Waals surface area contributed by atoms with E-state index in [0.29, 0.717) is 0 Å². The highest BCUT2D eigenvalue weighted by molar-refractivity contribution is 7.16. The molecular formula is C20H23N3O2S. The second-order valence-electron chi connectivity index (χ2n) is 6.87. The Morgan fingerprint density at radius 1 is 1.15 bits per heavy atom. The largest absolute Gasteiger partial charge is 0.336 e. The zero-order chi connectivity index (χ0) is 18.8. The summed E-state index contributed by atoms with van der Waals surface area (Å²) in [6, 6.07) is 9.93. The van der Waals surface area contributed by atoms with Crippen molar-refractivity contribution < 1.29 is 4.79 Å². The number of fused-ring (bicyclic) bond motifs is 1. The Bertz CT molecular complexity index is 966. The highest BCUT2D eigenvalue weighted by atomic mass is 32.1. The van der Waals surface area contributed by atoms with Crippen molar-refractivity contribution in [2.75, 3.05) is 0 Å². The first kappa shape index (κ1) is 18.3. The Morgan fingerprint density at radius 3 is 2.50 bits per heavy atom. The van der Waals surface area contributed by atoms with Gasteiger partial charge in [0.25, 0.3) is 0 Å². The van der Waals surface area contributed by atoms with Crippen LogP contribution in [0, 0.1) is 0 Å². The number of hydrogen-bond donors (Lipinski definition) is 0. The van der Waals surface area contributed by atoms with Crippen LogP contribution < -0.4 is 4.87 Å². The van der Waals surface area contributed by atoms with Crippen molar-refractivity contribution in [2.24, 2.45) is 0 Å². The van der Waals surface area contributed by atoms with E-state index in [4.69, 9.17) is 0 Å². The van der Waals surface area contributed by atoms with Crippen LogP contribution in [0.4, 0.5) is 0 Å². The molecule has 0 N–H and O–H groups in total. The molecule has 1 amide bonds. The molecule has 0 radical (unpaired) electrons. The number of carbonyl (C=O) groups is 1. The van der Waals surface area contributed by atoms with E-state index in [9.17, 15) is 9.59 Å². The van der Waals surface area contributed by atoms with Crippen molar-refractivity contribution in [3.63, 3.8) is 0 Å². The molecule has 136 valence electrons. The molecule has 0 spiro atoms. The van der Waals surface area contributed by atoms with Crippen LogP contribution in [0.1, 0.15) is 27.7 Å². The van der Waals surface area contributed by atoms with Gasteiger partial charge in [-0.1, -0.05) is 23.5 Å². The molecule has 0 aliphatic heterocycles. The third-order valence-corrected chi connectivity index (χ3v) is 5.32. The molecule has 26 heavy (non-hydrogen) atoms. The first-order valence-corrected chi connectivity index (χ1v) is 9.55. The van der Waals surface area contributed by atoms with E-state index in [0.717, 1.165) is 21.3 Å². The summed E-state index contributed by atoms with van der Waals surface area (Å²) in [5.41, 5.74) is 2.76. The van der Waals surface area contributed by atoms with E-state index < -0.39 is 0 Å². The van der Waals surface area contributed by atoms with Crippen LogP contribution in [0.3, 0.4) is 0 Å². The van der Waals surface area contributed by atoms with E-state index in [1.54, 1.807) is 17.0 Å². The number of benzene rings is 1. The molecular weight excluding hydrogens is 346 g/mol. The number of nitrogens with zero attached hydrogens (tertiary/aromatic N) is 3. The lowest BCUT2D eigenvalue weighted by molar-refractivity contribution is -0.135. The topological polar surface area (TPSA) is 55.2 Å². The van der Waals surface area contributed by atoms with E-state index in [1.807, 2.05) is 62.9 Å². The van der Waals surface area contributed by atoms with Crippen LogP contribution in [-0.2, 0) is 11.3 Å². The highest BCUT2D eigenvalue weighted by Crippen LogP contribution is 2.25. The fourth-order valence-electron chi connectivity index (χ4n) is 3.31. The van der Waals surface area contributed by atoms with Crippen molar-refractivity contribution in [3.8, 4) is 11.1 Å². The molecule has 0 bridgehead atoms. The van der Waals surface area contributed by atoms with Gasteiger partial charge in [0.1, 0.15) is 6.54 Å². The minimum atomic E-state index is -0.107. The van der Waals surface area contributed by atoms with Crippen LogP contribution in [0.5, 0.6) is 0 Å². The summed E-state index contributed by atoms with van der Waals surface area (Å²) >= 11 is 1.17. The zero-order valence-electron chi connectivity index (χ0n) is 15.5. The normalized spacial score (nSPS) is 11.5. The standard InChI is InChI=1S/C20H23N3O2S/c1-13(2)23(14(3)4)19(24)12-22-17-10-15(16-6-5-9-21-11-16)7-8-18(17)26-20(22)25/h5-11,13-14H,12H2,1-4H3. The van der Waals surface area contributed by atoms with Gasteiger partial charge in [0.05, 0.1) is 10.2 Å². The fraction of sp³-hybridized carbons (Fsp3) is 0.350. The average molecular weight is 369 g/mol. The van der Waals surface area contributed by atoms with Gasteiger partial charge in [-0.2, -0.15) is 0 Å². The van der Waals surface area contributed by atoms with Crippen molar-refractivity contribution in [1.82, 2.24) is 14.5 Å². The first-order valence-electron chi connectivity index (χ1n) is 8.73. The zero-order valence-corrected chi connectivity index (χ0v) is 16.3. The number of carbonyl (C=O) groups excluding carboxylic acids is 1. The Kier molecular flexibility index (Phi) is 5.23. The summed E-state index contributed by atoms with van der Waals surface area (Å²) in [6.45, 7) is 8.03. The molecule has 6 heteroatoms. The number of amides is 1. The Morgan fingerprint density at radius 2 is 1.88 bits per heavy atom. The lowest BCUT2D eigenvalue weighted by atomic mass is 10.1. The van der Waals surface area contributed by atoms with Gasteiger partial charge in [-0.15, -0.1) is 0 Å². The molecule has 0 fully saturated rings. The number of hydrogen-bond acceptors (Lipinski definition) is 4. The Labute approximate surface area is 156 Å². The van der Waals surface area contributed by atoms with Crippen LogP contribution in [0.15, 0.2) is 47.5 Å². The molecule has 2 heterocycles. The molecule has 0 aliphatic rings. The molecule has 0 aliphatic carbocycles. The van der Waals surface area contributed by atoms with Gasteiger partial charge in [0, 0.05) is 30.0 Å². The van der Waals surface area contributed by atoms with Crippen molar-refractivity contribution in [1.29, 1.82) is 0 Å². The molecule has 5 nitrogen and oxygen atoms in total. The van der Waals surface area contributed by atoms with E-state index in [-0.39, 0.29) is 29.4 Å². The van der Waals surface area contributed by atoms with Crippen LogP contribution in [0.25, 0.3) is 21.3 Å². The molecule has 1 aromatic carbocycles. The van der Waals surface area contributed by atoms with Gasteiger partial charge in [-0.3, -0.25) is 19.1 Å². The maximum absolute atomic E-state index is 12.8. The molecule has 3 aromatic rings. The van der Waals surface area contributed by atoms with Gasteiger partial charge < -0.3 is 4.90 Å². The van der Waals surface area contributed by atoms with E-state index in [1.165, 1.54) is 11.3 Å². The predicted octanol–water partition coefficient (Wildman–Crippen LogP) is 3.77. The third kappa shape index (κ3) is 3.55. The molecule has 0 saturated heterocycles. The average Bonchev–Trinajstić information content (AvgIpc) is 2.90. The summed E-state index contributed by atoms with van der Waals surface area (Å²) < 4.78 is 2.47. The minimum absolute atomic E-state index is 0.0384. The predicted molar refractivity (Wildman–Crippen MR) is 106 cm³/mol. The summed E-state index contributed by atoms with van der Waals surface area (Å²) in [4.78, 5) is 31.2. The van der Waals surface area contributed by atoms with Gasteiger partial charge in [0.2, 0.25) is 5.91 Å². The maximum Gasteiger partial charge on any atom is 0.308 e. The van der Waals surface area contributed by atoms with E-state index >= 15 is 0 Å². The number of thiazole rings is 1. The van der Waals surface area contributed by atoms with Crippen LogP contribution in [-0.4, -0.2) is 32.4 Å². The second-order valence-corrected chi connectivity index (χ2v) is 7.86. The quantitative estimate of drug-likeness (QED) is 0.688. The first-order chi connectivity index (χ1) is 12.4. The molecule has 2 aromatic heterocycles. The summed E-state index contributed by atoms with van der Waals surface area (Å²) in [6.07, 6.45) is 3.52.